The molecule has 2 atom stereocenters. The summed E-state index contributed by atoms with van der Waals surface area (Å²) in [4.78, 5) is 13.6. The number of aryl methyl sites for hydroxylation is 1. The van der Waals surface area contributed by atoms with E-state index in [9.17, 15) is 4.79 Å². The fourth-order valence-corrected chi connectivity index (χ4v) is 3.33. The van der Waals surface area contributed by atoms with Crippen LogP contribution in [0.15, 0.2) is 6.20 Å². The quantitative estimate of drug-likeness (QED) is 0.867. The first-order chi connectivity index (χ1) is 8.54. The smallest absolute Gasteiger partial charge is 0.273 e. The van der Waals surface area contributed by atoms with E-state index < -0.39 is 0 Å². The van der Waals surface area contributed by atoms with Crippen molar-refractivity contribution in [1.29, 1.82) is 0 Å². The summed E-state index contributed by atoms with van der Waals surface area (Å²) in [6.45, 7) is 2.24. The Morgan fingerprint density at radius 2 is 2.50 bits per heavy atom. The van der Waals surface area contributed by atoms with E-state index >= 15 is 0 Å². The molecule has 18 heavy (non-hydrogen) atoms. The van der Waals surface area contributed by atoms with Crippen molar-refractivity contribution in [1.82, 2.24) is 20.3 Å². The Hall–Kier alpha value is -0.910. The molecule has 0 spiro atoms. The lowest BCUT2D eigenvalue weighted by Crippen LogP contribution is -2.52. The van der Waals surface area contributed by atoms with Crippen LogP contribution >= 0.6 is 15.9 Å². The number of hydrogen-bond acceptors (Lipinski definition) is 3. The molecule has 5 nitrogen and oxygen atoms in total. The third-order valence-corrected chi connectivity index (χ3v) is 4.63. The molecule has 100 valence electrons. The zero-order valence-corrected chi connectivity index (χ0v) is 12.4. The zero-order chi connectivity index (χ0) is 13.2. The second-order valence-corrected chi connectivity index (χ2v) is 5.85. The summed E-state index contributed by atoms with van der Waals surface area (Å²) in [5.41, 5.74) is 0.253. The van der Waals surface area contributed by atoms with Crippen molar-refractivity contribution in [2.45, 2.75) is 38.1 Å². The van der Waals surface area contributed by atoms with Gasteiger partial charge in [0.25, 0.3) is 5.91 Å². The Morgan fingerprint density at radius 3 is 3.06 bits per heavy atom. The van der Waals surface area contributed by atoms with Gasteiger partial charge in [0.05, 0.1) is 11.7 Å². The lowest BCUT2D eigenvalue weighted by molar-refractivity contribution is 0.0863. The molecule has 0 saturated heterocycles. The Balaban J connectivity index is 2.08. The van der Waals surface area contributed by atoms with Crippen LogP contribution in [-0.2, 0) is 7.05 Å². The molecular formula is C12H19BrN4O. The monoisotopic (exact) mass is 314 g/mol. The van der Waals surface area contributed by atoms with Crippen LogP contribution in [0.25, 0.3) is 0 Å². The van der Waals surface area contributed by atoms with Crippen LogP contribution in [0, 0.1) is 5.92 Å². The molecule has 0 bridgehead atoms. The second kappa shape index (κ2) is 5.38. The molecule has 1 fully saturated rings. The summed E-state index contributed by atoms with van der Waals surface area (Å²) in [6, 6.07) is 0. The summed E-state index contributed by atoms with van der Waals surface area (Å²) in [5.74, 6) is 0.523. The average Bonchev–Trinajstić information content (AvgIpc) is 2.76. The summed E-state index contributed by atoms with van der Waals surface area (Å²) >= 11 is 3.55. The number of amides is 1. The Bertz CT molecular complexity index is 433. The first-order valence-corrected chi connectivity index (χ1v) is 7.42. The molecule has 1 aromatic heterocycles. The maximum absolute atomic E-state index is 12.1. The van der Waals surface area contributed by atoms with Crippen LogP contribution in [0.2, 0.25) is 0 Å². The number of carbonyl (C=O) groups excluding carboxylic acids is 1. The third-order valence-electron chi connectivity index (χ3n) is 3.56. The van der Waals surface area contributed by atoms with Crippen molar-refractivity contribution in [2.24, 2.45) is 13.0 Å². The molecule has 1 heterocycles. The predicted molar refractivity (Wildman–Crippen MR) is 72.6 cm³/mol. The summed E-state index contributed by atoms with van der Waals surface area (Å²) in [6.07, 6.45) is 5.95. The van der Waals surface area contributed by atoms with Crippen molar-refractivity contribution in [3.8, 4) is 0 Å². The molecule has 6 heteroatoms. The summed E-state index contributed by atoms with van der Waals surface area (Å²) in [5, 5.41) is 11.9. The van der Waals surface area contributed by atoms with Crippen LogP contribution < -0.4 is 5.32 Å². The number of aromatic nitrogens is 3. The minimum Gasteiger partial charge on any atom is -0.344 e. The molecule has 2 unspecified atom stereocenters. The van der Waals surface area contributed by atoms with E-state index in [-0.39, 0.29) is 11.4 Å². The number of hydrogen-bond donors (Lipinski definition) is 1. The Morgan fingerprint density at radius 1 is 1.72 bits per heavy atom. The van der Waals surface area contributed by atoms with E-state index in [4.69, 9.17) is 0 Å². The maximum Gasteiger partial charge on any atom is 0.273 e. The SMILES string of the molecule is CC1CCCC(CBr)(NC(=O)c2cnn(C)n2)C1. The third kappa shape index (κ3) is 2.91. The average molecular weight is 315 g/mol. The van der Waals surface area contributed by atoms with Gasteiger partial charge in [0.1, 0.15) is 0 Å². The van der Waals surface area contributed by atoms with E-state index in [1.807, 2.05) is 0 Å². The predicted octanol–water partition coefficient (Wildman–Crippen LogP) is 1.89. The van der Waals surface area contributed by atoms with E-state index in [1.165, 1.54) is 17.4 Å². The van der Waals surface area contributed by atoms with Crippen molar-refractivity contribution >= 4 is 21.8 Å². The van der Waals surface area contributed by atoms with Gasteiger partial charge in [-0.05, 0) is 18.8 Å². The lowest BCUT2D eigenvalue weighted by Gasteiger charge is -2.39. The molecule has 0 aliphatic heterocycles. The Labute approximate surface area is 115 Å². The highest BCUT2D eigenvalue weighted by Crippen LogP contribution is 2.33. The van der Waals surface area contributed by atoms with Gasteiger partial charge in [0, 0.05) is 12.4 Å². The van der Waals surface area contributed by atoms with Gasteiger partial charge in [-0.1, -0.05) is 35.7 Å². The van der Waals surface area contributed by atoms with Gasteiger partial charge in [-0.25, -0.2) is 0 Å². The number of alkyl halides is 1. The van der Waals surface area contributed by atoms with Gasteiger partial charge in [-0.15, -0.1) is 5.10 Å². The van der Waals surface area contributed by atoms with Crippen LogP contribution in [0.1, 0.15) is 43.1 Å². The minimum absolute atomic E-state index is 0.128. The van der Waals surface area contributed by atoms with E-state index in [2.05, 4.69) is 38.4 Å². The van der Waals surface area contributed by atoms with Gasteiger partial charge >= 0.3 is 0 Å². The van der Waals surface area contributed by atoms with Crippen molar-refractivity contribution in [3.63, 3.8) is 0 Å². The van der Waals surface area contributed by atoms with Gasteiger partial charge in [-0.3, -0.25) is 4.79 Å². The first kappa shape index (κ1) is 13.5. The summed E-state index contributed by atoms with van der Waals surface area (Å²) in [7, 11) is 1.71. The van der Waals surface area contributed by atoms with Crippen LogP contribution in [0.3, 0.4) is 0 Å². The van der Waals surface area contributed by atoms with Crippen LogP contribution in [0.5, 0.6) is 0 Å². The fourth-order valence-electron chi connectivity index (χ4n) is 2.68. The second-order valence-electron chi connectivity index (χ2n) is 5.29. The standard InChI is InChI=1S/C12H19BrN4O/c1-9-4-3-5-12(6-9,8-13)15-11(18)10-7-14-17(2)16-10/h7,9H,3-6,8H2,1-2H3,(H,15,18). The van der Waals surface area contributed by atoms with Crippen LogP contribution in [-0.4, -0.2) is 31.8 Å². The Kier molecular flexibility index (Phi) is 4.04. The molecule has 1 aliphatic rings. The first-order valence-electron chi connectivity index (χ1n) is 6.29. The number of carbonyl (C=O) groups is 1. The molecule has 0 radical (unpaired) electrons. The largest absolute Gasteiger partial charge is 0.344 e. The highest BCUT2D eigenvalue weighted by atomic mass is 79.9. The molecule has 0 aromatic carbocycles. The van der Waals surface area contributed by atoms with Gasteiger partial charge in [-0.2, -0.15) is 9.90 Å². The lowest BCUT2D eigenvalue weighted by atomic mass is 9.77. The number of nitrogens with zero attached hydrogens (tertiary/aromatic N) is 3. The summed E-state index contributed by atoms with van der Waals surface area (Å²) < 4.78 is 0. The van der Waals surface area contributed by atoms with Gasteiger partial charge < -0.3 is 5.32 Å². The number of rotatable bonds is 3. The van der Waals surface area contributed by atoms with Crippen LogP contribution in [0.4, 0.5) is 0 Å². The number of nitrogens with one attached hydrogen (secondary N) is 1. The van der Waals surface area contributed by atoms with Crippen molar-refractivity contribution < 1.29 is 4.79 Å². The highest BCUT2D eigenvalue weighted by molar-refractivity contribution is 9.09. The van der Waals surface area contributed by atoms with Gasteiger partial charge in [0.2, 0.25) is 0 Å². The van der Waals surface area contributed by atoms with E-state index in [0.29, 0.717) is 11.6 Å². The molecule has 2 rings (SSSR count). The molecule has 1 aromatic rings. The normalized spacial score (nSPS) is 28.1. The maximum atomic E-state index is 12.1. The fraction of sp³-hybridized carbons (Fsp3) is 0.750. The number of halogens is 1. The zero-order valence-electron chi connectivity index (χ0n) is 10.8. The highest BCUT2D eigenvalue weighted by Gasteiger charge is 2.35. The molecular weight excluding hydrogens is 296 g/mol. The van der Waals surface area contributed by atoms with E-state index in [0.717, 1.165) is 24.6 Å². The van der Waals surface area contributed by atoms with Crippen molar-refractivity contribution in [2.75, 3.05) is 5.33 Å². The van der Waals surface area contributed by atoms with Crippen molar-refractivity contribution in [3.05, 3.63) is 11.9 Å². The molecule has 1 N–H and O–H groups in total. The minimum atomic E-state index is -0.133. The molecule has 1 amide bonds. The molecule has 1 saturated carbocycles. The van der Waals surface area contributed by atoms with Gasteiger partial charge in [0.15, 0.2) is 5.69 Å². The molecule has 1 aliphatic carbocycles. The topological polar surface area (TPSA) is 59.8 Å². The van der Waals surface area contributed by atoms with E-state index in [1.54, 1.807) is 7.05 Å².